The molecule has 3 aromatic rings. The van der Waals surface area contributed by atoms with Crippen LogP contribution < -0.4 is 10.9 Å². The van der Waals surface area contributed by atoms with E-state index in [0.717, 1.165) is 31.4 Å². The molecule has 2 N–H and O–H groups in total. The highest BCUT2D eigenvalue weighted by atomic mass is 32.2. The highest BCUT2D eigenvalue weighted by Crippen LogP contribution is 2.25. The molecule has 1 aliphatic carbocycles. The van der Waals surface area contributed by atoms with E-state index in [1.54, 1.807) is 10.9 Å². The Hall–Kier alpha value is -2.48. The fourth-order valence-electron chi connectivity index (χ4n) is 3.69. The van der Waals surface area contributed by atoms with Gasteiger partial charge in [-0.05, 0) is 31.4 Å². The second kappa shape index (κ2) is 7.64. The van der Waals surface area contributed by atoms with Gasteiger partial charge in [-0.25, -0.2) is 4.68 Å². The Morgan fingerprint density at radius 2 is 2.11 bits per heavy atom. The van der Waals surface area contributed by atoms with Gasteiger partial charge in [0.2, 0.25) is 5.95 Å². The average molecular weight is 385 g/mol. The van der Waals surface area contributed by atoms with Gasteiger partial charge in [-0.3, -0.25) is 14.0 Å². The molecule has 3 unspecified atom stereocenters. The molecule has 0 saturated heterocycles. The first-order valence-corrected chi connectivity index (χ1v) is 10.7. The van der Waals surface area contributed by atoms with Gasteiger partial charge >= 0.3 is 0 Å². The summed E-state index contributed by atoms with van der Waals surface area (Å²) >= 11 is 0. The largest absolute Gasteiger partial charge is 0.353 e. The molecule has 1 fully saturated rings. The molecule has 3 atom stereocenters. The Morgan fingerprint density at radius 3 is 2.89 bits per heavy atom. The molecule has 1 aliphatic rings. The summed E-state index contributed by atoms with van der Waals surface area (Å²) < 4.78 is 13.8. The standard InChI is InChI=1S/C19H23N5O2S/c1-2-27(26)15-10-6-7-13(11-15)21-19-22-17-16(18(25)23-19)12-20-24(17)14-8-4-3-5-9-14/h3-5,8-9,12-13,15H,2,6-7,10-11H2,1H3,(H2,21,22,23,25). The number of rotatable bonds is 5. The summed E-state index contributed by atoms with van der Waals surface area (Å²) in [5.74, 6) is 1.13. The molecule has 2 aromatic heterocycles. The van der Waals surface area contributed by atoms with Crippen LogP contribution in [0.1, 0.15) is 32.6 Å². The van der Waals surface area contributed by atoms with E-state index in [0.29, 0.717) is 22.7 Å². The third-order valence-corrected chi connectivity index (χ3v) is 6.80. The third kappa shape index (κ3) is 3.66. The van der Waals surface area contributed by atoms with Gasteiger partial charge in [-0.2, -0.15) is 10.1 Å². The van der Waals surface area contributed by atoms with E-state index >= 15 is 0 Å². The lowest BCUT2D eigenvalue weighted by atomic mass is 9.95. The fourth-order valence-corrected chi connectivity index (χ4v) is 5.04. The summed E-state index contributed by atoms with van der Waals surface area (Å²) in [6.07, 6.45) is 5.39. The van der Waals surface area contributed by atoms with Crippen LogP contribution in [0.5, 0.6) is 0 Å². The number of hydrogen-bond acceptors (Lipinski definition) is 5. The van der Waals surface area contributed by atoms with Crippen LogP contribution in [0.4, 0.5) is 5.95 Å². The number of nitrogens with one attached hydrogen (secondary N) is 2. The minimum Gasteiger partial charge on any atom is -0.353 e. The quantitative estimate of drug-likeness (QED) is 0.704. The van der Waals surface area contributed by atoms with Crippen LogP contribution in [-0.2, 0) is 10.8 Å². The first-order chi connectivity index (χ1) is 13.2. The van der Waals surface area contributed by atoms with Crippen molar-refractivity contribution in [3.8, 4) is 5.69 Å². The Balaban J connectivity index is 1.63. The second-order valence-electron chi connectivity index (χ2n) is 6.84. The van der Waals surface area contributed by atoms with E-state index in [1.165, 1.54) is 0 Å². The molecule has 27 heavy (non-hydrogen) atoms. The van der Waals surface area contributed by atoms with Gasteiger partial charge in [-0.15, -0.1) is 0 Å². The minimum atomic E-state index is -0.787. The predicted molar refractivity (Wildman–Crippen MR) is 108 cm³/mol. The van der Waals surface area contributed by atoms with Crippen LogP contribution in [0, 0.1) is 0 Å². The molecule has 0 amide bonds. The summed E-state index contributed by atoms with van der Waals surface area (Å²) in [6.45, 7) is 1.96. The molecule has 0 bridgehead atoms. The molecule has 0 radical (unpaired) electrons. The van der Waals surface area contributed by atoms with Gasteiger partial charge in [0.05, 0.1) is 11.9 Å². The maximum atomic E-state index is 12.5. The summed E-state index contributed by atoms with van der Waals surface area (Å²) in [5.41, 5.74) is 1.17. The molecule has 0 spiro atoms. The normalized spacial score (nSPS) is 21.2. The number of nitrogens with zero attached hydrogens (tertiary/aromatic N) is 3. The van der Waals surface area contributed by atoms with Gasteiger partial charge < -0.3 is 5.32 Å². The van der Waals surface area contributed by atoms with Crippen molar-refractivity contribution in [1.82, 2.24) is 19.7 Å². The summed E-state index contributed by atoms with van der Waals surface area (Å²) in [7, 11) is -0.787. The van der Waals surface area contributed by atoms with E-state index in [1.807, 2.05) is 37.3 Å². The summed E-state index contributed by atoms with van der Waals surface area (Å²) in [5, 5.41) is 8.35. The summed E-state index contributed by atoms with van der Waals surface area (Å²) in [6, 6.07) is 9.79. The summed E-state index contributed by atoms with van der Waals surface area (Å²) in [4.78, 5) is 19.9. The van der Waals surface area contributed by atoms with Crippen LogP contribution >= 0.6 is 0 Å². The van der Waals surface area contributed by atoms with Crippen molar-refractivity contribution in [2.75, 3.05) is 11.1 Å². The lowest BCUT2D eigenvalue weighted by Crippen LogP contribution is -2.34. The topological polar surface area (TPSA) is 92.7 Å². The Labute approximate surface area is 159 Å². The lowest BCUT2D eigenvalue weighted by Gasteiger charge is -2.29. The number of aromatic amines is 1. The Morgan fingerprint density at radius 1 is 1.30 bits per heavy atom. The molecule has 7 nitrogen and oxygen atoms in total. The fraction of sp³-hybridized carbons (Fsp3) is 0.421. The lowest BCUT2D eigenvalue weighted by molar-refractivity contribution is 0.463. The first kappa shape index (κ1) is 17.9. The van der Waals surface area contributed by atoms with E-state index in [2.05, 4.69) is 20.4 Å². The molecule has 2 heterocycles. The third-order valence-electron chi connectivity index (χ3n) is 5.06. The second-order valence-corrected chi connectivity index (χ2v) is 8.85. The number of aromatic nitrogens is 4. The molecular weight excluding hydrogens is 362 g/mol. The van der Waals surface area contributed by atoms with Gasteiger partial charge in [0, 0.05) is 27.8 Å². The number of para-hydroxylation sites is 1. The average Bonchev–Trinajstić information content (AvgIpc) is 3.13. The van der Waals surface area contributed by atoms with E-state index in [4.69, 9.17) is 0 Å². The van der Waals surface area contributed by atoms with Crippen LogP contribution in [-0.4, -0.2) is 41.0 Å². The van der Waals surface area contributed by atoms with E-state index < -0.39 is 10.8 Å². The van der Waals surface area contributed by atoms with E-state index in [9.17, 15) is 9.00 Å². The van der Waals surface area contributed by atoms with E-state index in [-0.39, 0.29) is 16.9 Å². The highest BCUT2D eigenvalue weighted by molar-refractivity contribution is 7.85. The van der Waals surface area contributed by atoms with Crippen LogP contribution in [0.25, 0.3) is 16.7 Å². The Kier molecular flexibility index (Phi) is 5.07. The molecule has 0 aliphatic heterocycles. The molecule has 4 rings (SSSR count). The van der Waals surface area contributed by atoms with Gasteiger partial charge in [-0.1, -0.05) is 31.5 Å². The van der Waals surface area contributed by atoms with Crippen molar-refractivity contribution in [3.05, 3.63) is 46.9 Å². The molecule has 1 saturated carbocycles. The number of anilines is 1. The SMILES string of the molecule is CCS(=O)C1CCCC(Nc2nc3c(cnn3-c3ccccc3)c(=O)[nH]2)C1. The van der Waals surface area contributed by atoms with Crippen molar-refractivity contribution in [2.45, 2.75) is 43.9 Å². The van der Waals surface area contributed by atoms with Crippen molar-refractivity contribution < 1.29 is 4.21 Å². The Bertz CT molecular complexity index is 1010. The molecule has 8 heteroatoms. The van der Waals surface area contributed by atoms with Crippen molar-refractivity contribution in [2.24, 2.45) is 0 Å². The van der Waals surface area contributed by atoms with Crippen LogP contribution in [0.3, 0.4) is 0 Å². The number of benzene rings is 1. The van der Waals surface area contributed by atoms with Gasteiger partial charge in [0.1, 0.15) is 5.39 Å². The monoisotopic (exact) mass is 385 g/mol. The van der Waals surface area contributed by atoms with Crippen molar-refractivity contribution in [1.29, 1.82) is 0 Å². The number of H-pyrrole nitrogens is 1. The maximum Gasteiger partial charge on any atom is 0.263 e. The maximum absolute atomic E-state index is 12.5. The molecule has 1 aromatic carbocycles. The van der Waals surface area contributed by atoms with Crippen molar-refractivity contribution in [3.63, 3.8) is 0 Å². The number of hydrogen-bond donors (Lipinski definition) is 2. The smallest absolute Gasteiger partial charge is 0.263 e. The predicted octanol–water partition coefficient (Wildman–Crippen LogP) is 2.60. The number of fused-ring (bicyclic) bond motifs is 1. The highest BCUT2D eigenvalue weighted by Gasteiger charge is 2.26. The van der Waals surface area contributed by atoms with Crippen LogP contribution in [0.15, 0.2) is 41.3 Å². The van der Waals surface area contributed by atoms with Gasteiger partial charge in [0.15, 0.2) is 5.65 Å². The van der Waals surface area contributed by atoms with Crippen molar-refractivity contribution >= 4 is 27.8 Å². The minimum absolute atomic E-state index is 0.160. The van der Waals surface area contributed by atoms with Crippen LogP contribution in [0.2, 0.25) is 0 Å². The zero-order valence-electron chi connectivity index (χ0n) is 15.2. The zero-order valence-corrected chi connectivity index (χ0v) is 16.0. The molecular formula is C19H23N5O2S. The molecule has 142 valence electrons. The van der Waals surface area contributed by atoms with Gasteiger partial charge in [0.25, 0.3) is 5.56 Å². The first-order valence-electron chi connectivity index (χ1n) is 9.33. The zero-order chi connectivity index (χ0) is 18.8.